The Morgan fingerprint density at radius 2 is 2.10 bits per heavy atom. The van der Waals surface area contributed by atoms with Crippen LogP contribution in [0, 0.1) is 0 Å². The number of hydrogen-bond donors (Lipinski definition) is 2. The number of carbonyl (C=O) groups excluding carboxylic acids is 1. The Morgan fingerprint density at radius 1 is 1.30 bits per heavy atom. The van der Waals surface area contributed by atoms with E-state index in [1.807, 2.05) is 0 Å². The number of carbonyl (C=O) groups is 1. The maximum Gasteiger partial charge on any atom is 0.162 e. The summed E-state index contributed by atoms with van der Waals surface area (Å²) in [7, 11) is 0. The van der Waals surface area contributed by atoms with E-state index in [1.165, 1.54) is 0 Å². The Labute approximate surface area is 120 Å². The zero-order valence-electron chi connectivity index (χ0n) is 12.3. The number of unbranched alkanes of at least 4 members (excludes halogenated alkanes) is 2. The third-order valence-corrected chi connectivity index (χ3v) is 4.27. The van der Waals surface area contributed by atoms with Crippen molar-refractivity contribution in [3.05, 3.63) is 11.3 Å². The zero-order chi connectivity index (χ0) is 14.5. The van der Waals surface area contributed by atoms with Gasteiger partial charge in [-0.3, -0.25) is 4.79 Å². The summed E-state index contributed by atoms with van der Waals surface area (Å²) < 4.78 is 5.80. The van der Waals surface area contributed by atoms with Crippen LogP contribution in [0.3, 0.4) is 0 Å². The number of aliphatic hydroxyl groups is 2. The van der Waals surface area contributed by atoms with Gasteiger partial charge in [0.1, 0.15) is 18.0 Å². The summed E-state index contributed by atoms with van der Waals surface area (Å²) in [6.07, 6.45) is 6.03. The van der Waals surface area contributed by atoms with E-state index in [1.54, 1.807) is 0 Å². The lowest BCUT2D eigenvalue weighted by Gasteiger charge is -2.33. The van der Waals surface area contributed by atoms with Crippen LogP contribution >= 0.6 is 0 Å². The number of Topliss-reactive ketones (excluding diaryl/α,β-unsaturated/α-hetero) is 1. The molecule has 2 N–H and O–H groups in total. The van der Waals surface area contributed by atoms with Crippen molar-refractivity contribution < 1.29 is 19.7 Å². The lowest BCUT2D eigenvalue weighted by molar-refractivity contribution is -0.119. The lowest BCUT2D eigenvalue weighted by atomic mass is 9.87. The van der Waals surface area contributed by atoms with Crippen molar-refractivity contribution in [2.24, 2.45) is 0 Å². The molecule has 2 rings (SSSR count). The van der Waals surface area contributed by atoms with Crippen molar-refractivity contribution in [1.29, 1.82) is 0 Å². The van der Waals surface area contributed by atoms with E-state index in [0.717, 1.165) is 32.1 Å². The Kier molecular flexibility index (Phi) is 5.61. The predicted octanol–water partition coefficient (Wildman–Crippen LogP) is 2.47. The van der Waals surface area contributed by atoms with Gasteiger partial charge in [0.25, 0.3) is 0 Å². The van der Waals surface area contributed by atoms with Crippen LogP contribution < -0.4 is 0 Å². The maximum absolute atomic E-state index is 11.8. The molecular weight excluding hydrogens is 256 g/mol. The van der Waals surface area contributed by atoms with E-state index in [4.69, 9.17) is 4.74 Å². The first kappa shape index (κ1) is 15.5. The molecule has 0 saturated carbocycles. The van der Waals surface area contributed by atoms with Crippen molar-refractivity contribution in [3.63, 3.8) is 0 Å². The average Bonchev–Trinajstić information content (AvgIpc) is 2.43. The van der Waals surface area contributed by atoms with Crippen molar-refractivity contribution >= 4 is 5.78 Å². The van der Waals surface area contributed by atoms with Gasteiger partial charge in [-0.15, -0.1) is 0 Å². The molecule has 3 atom stereocenters. The third-order valence-electron chi connectivity index (χ3n) is 4.27. The molecule has 0 aromatic carbocycles. The molecule has 20 heavy (non-hydrogen) atoms. The molecule has 1 aliphatic carbocycles. The molecular formula is C16H26O4. The van der Waals surface area contributed by atoms with Gasteiger partial charge in [0.15, 0.2) is 5.78 Å². The molecule has 0 aromatic heterocycles. The molecule has 1 unspecified atom stereocenters. The van der Waals surface area contributed by atoms with Crippen molar-refractivity contribution in [2.75, 3.05) is 0 Å². The fraction of sp³-hybridized carbons (Fsp3) is 0.812. The van der Waals surface area contributed by atoms with E-state index in [-0.39, 0.29) is 18.0 Å². The molecule has 0 amide bonds. The predicted molar refractivity (Wildman–Crippen MR) is 76.1 cm³/mol. The Balaban J connectivity index is 1.86. The molecule has 0 aromatic rings. The van der Waals surface area contributed by atoms with Gasteiger partial charge >= 0.3 is 0 Å². The highest BCUT2D eigenvalue weighted by molar-refractivity contribution is 5.97. The summed E-state index contributed by atoms with van der Waals surface area (Å²) in [6.45, 7) is 2.14. The molecule has 0 bridgehead atoms. The van der Waals surface area contributed by atoms with Gasteiger partial charge in [0, 0.05) is 18.4 Å². The van der Waals surface area contributed by atoms with Crippen LogP contribution in [0.15, 0.2) is 11.3 Å². The number of aliphatic hydroxyl groups excluding tert-OH is 2. The van der Waals surface area contributed by atoms with Crippen LogP contribution in [0.5, 0.6) is 0 Å². The van der Waals surface area contributed by atoms with Crippen LogP contribution in [-0.4, -0.2) is 34.3 Å². The molecule has 0 saturated heterocycles. The van der Waals surface area contributed by atoms with Gasteiger partial charge in [-0.2, -0.15) is 0 Å². The highest BCUT2D eigenvalue weighted by Crippen LogP contribution is 2.34. The standard InChI is InChI=1S/C16H26O4/c1-2-3-4-5-11(17)10-12-6-7-13-14(18)8-9-15(19)16(13)20-12/h11-12,15,17,19H,2-10H2,1H3/t11-,12?,15-/m1/s1. The van der Waals surface area contributed by atoms with Gasteiger partial charge in [-0.1, -0.05) is 26.2 Å². The minimum absolute atomic E-state index is 0.0640. The topological polar surface area (TPSA) is 66.8 Å². The molecule has 2 aliphatic rings. The molecule has 0 fully saturated rings. The minimum atomic E-state index is -0.636. The summed E-state index contributed by atoms with van der Waals surface area (Å²) >= 11 is 0. The van der Waals surface area contributed by atoms with Crippen LogP contribution in [-0.2, 0) is 9.53 Å². The highest BCUT2D eigenvalue weighted by atomic mass is 16.5. The summed E-state index contributed by atoms with van der Waals surface area (Å²) in [5.41, 5.74) is 0.681. The summed E-state index contributed by atoms with van der Waals surface area (Å²) in [6, 6.07) is 0. The quantitative estimate of drug-likeness (QED) is 0.734. The molecule has 1 heterocycles. The Hall–Kier alpha value is -0.870. The zero-order valence-corrected chi connectivity index (χ0v) is 12.3. The lowest BCUT2D eigenvalue weighted by Crippen LogP contribution is -2.33. The number of allylic oxidation sites excluding steroid dienone is 1. The van der Waals surface area contributed by atoms with Crippen molar-refractivity contribution in [2.45, 2.75) is 83.0 Å². The fourth-order valence-corrected chi connectivity index (χ4v) is 3.06. The first-order valence-corrected chi connectivity index (χ1v) is 7.90. The Morgan fingerprint density at radius 3 is 2.85 bits per heavy atom. The molecule has 0 radical (unpaired) electrons. The average molecular weight is 282 g/mol. The van der Waals surface area contributed by atoms with E-state index in [2.05, 4.69) is 6.92 Å². The molecule has 1 aliphatic heterocycles. The van der Waals surface area contributed by atoms with Gasteiger partial charge in [-0.05, 0) is 25.7 Å². The van der Waals surface area contributed by atoms with Crippen molar-refractivity contribution in [3.8, 4) is 0 Å². The van der Waals surface area contributed by atoms with E-state index < -0.39 is 6.10 Å². The number of rotatable bonds is 6. The molecule has 4 heteroatoms. The monoisotopic (exact) mass is 282 g/mol. The largest absolute Gasteiger partial charge is 0.491 e. The summed E-state index contributed by atoms with van der Waals surface area (Å²) in [5, 5.41) is 20.0. The first-order chi connectivity index (χ1) is 9.61. The van der Waals surface area contributed by atoms with E-state index in [0.29, 0.717) is 37.0 Å². The van der Waals surface area contributed by atoms with Crippen molar-refractivity contribution in [1.82, 2.24) is 0 Å². The van der Waals surface area contributed by atoms with Crippen LogP contribution in [0.1, 0.15) is 64.7 Å². The molecule has 4 nitrogen and oxygen atoms in total. The number of hydrogen-bond acceptors (Lipinski definition) is 4. The van der Waals surface area contributed by atoms with Gasteiger partial charge in [-0.25, -0.2) is 0 Å². The smallest absolute Gasteiger partial charge is 0.162 e. The molecule has 114 valence electrons. The number of ether oxygens (including phenoxy) is 1. The second-order valence-electron chi connectivity index (χ2n) is 5.98. The van der Waals surface area contributed by atoms with Gasteiger partial charge < -0.3 is 14.9 Å². The third kappa shape index (κ3) is 3.83. The summed E-state index contributed by atoms with van der Waals surface area (Å²) in [5.74, 6) is 0.602. The van der Waals surface area contributed by atoms with Gasteiger partial charge in [0.2, 0.25) is 0 Å². The summed E-state index contributed by atoms with van der Waals surface area (Å²) in [4.78, 5) is 11.8. The molecule has 0 spiro atoms. The van der Waals surface area contributed by atoms with Crippen LogP contribution in [0.25, 0.3) is 0 Å². The fourth-order valence-electron chi connectivity index (χ4n) is 3.06. The van der Waals surface area contributed by atoms with Gasteiger partial charge in [0.05, 0.1) is 6.10 Å². The maximum atomic E-state index is 11.8. The second kappa shape index (κ2) is 7.23. The SMILES string of the molecule is CCCCC[C@@H](O)CC1CCC2=C(O1)[C@H](O)CCC2=O. The number of ketones is 1. The van der Waals surface area contributed by atoms with Crippen LogP contribution in [0.4, 0.5) is 0 Å². The van der Waals surface area contributed by atoms with E-state index >= 15 is 0 Å². The normalized spacial score (nSPS) is 28.1. The van der Waals surface area contributed by atoms with E-state index in [9.17, 15) is 15.0 Å². The second-order valence-corrected chi connectivity index (χ2v) is 5.98. The minimum Gasteiger partial charge on any atom is -0.491 e. The highest BCUT2D eigenvalue weighted by Gasteiger charge is 2.34. The first-order valence-electron chi connectivity index (χ1n) is 7.90. The Bertz CT molecular complexity index is 375. The van der Waals surface area contributed by atoms with Crippen LogP contribution in [0.2, 0.25) is 0 Å².